The Labute approximate surface area is 187 Å². The van der Waals surface area contributed by atoms with Crippen molar-refractivity contribution in [2.45, 2.75) is 71.3 Å². The van der Waals surface area contributed by atoms with Gasteiger partial charge in [-0.2, -0.15) is 10.2 Å². The van der Waals surface area contributed by atoms with Gasteiger partial charge in [0.2, 0.25) is 0 Å². The van der Waals surface area contributed by atoms with Crippen LogP contribution in [0.4, 0.5) is 5.00 Å². The summed E-state index contributed by atoms with van der Waals surface area (Å²) in [5.74, 6) is 2.05. The molecule has 0 bridgehead atoms. The molecule has 0 aliphatic heterocycles. The van der Waals surface area contributed by atoms with Crippen molar-refractivity contribution in [3.05, 3.63) is 38.8 Å². The Morgan fingerprint density at radius 3 is 2.74 bits per heavy atom. The topological polar surface area (TPSA) is 88.1 Å². The van der Waals surface area contributed by atoms with Crippen molar-refractivity contribution in [1.82, 2.24) is 0 Å². The number of hydrogen-bond acceptors (Lipinski definition) is 6. The molecule has 6 nitrogen and oxygen atoms in total. The van der Waals surface area contributed by atoms with Gasteiger partial charge in [0.05, 0.1) is 22.1 Å². The summed E-state index contributed by atoms with van der Waals surface area (Å²) < 4.78 is 0. The van der Waals surface area contributed by atoms with E-state index in [0.29, 0.717) is 17.8 Å². The lowest BCUT2D eigenvalue weighted by Crippen LogP contribution is -2.50. The molecule has 31 heavy (non-hydrogen) atoms. The molecule has 7 heteroatoms. The second-order valence-electron chi connectivity index (χ2n) is 10.4. The summed E-state index contributed by atoms with van der Waals surface area (Å²) in [6.07, 6.45) is 12.6. The average molecular weight is 442 g/mol. The highest BCUT2D eigenvalue weighted by molar-refractivity contribution is 7.16. The molecule has 5 rings (SSSR count). The fourth-order valence-electron chi connectivity index (χ4n) is 7.26. The summed E-state index contributed by atoms with van der Waals surface area (Å²) in [6, 6.07) is 3.24. The Hall–Kier alpha value is -1.86. The van der Waals surface area contributed by atoms with Crippen LogP contribution in [0.3, 0.4) is 0 Å². The van der Waals surface area contributed by atoms with Gasteiger partial charge in [0.1, 0.15) is 0 Å². The van der Waals surface area contributed by atoms with E-state index in [1.807, 2.05) is 0 Å². The van der Waals surface area contributed by atoms with Crippen LogP contribution in [-0.2, 0) is 0 Å². The third kappa shape index (κ3) is 3.41. The Kier molecular flexibility index (Phi) is 5.17. The lowest BCUT2D eigenvalue weighted by atomic mass is 9.48. The van der Waals surface area contributed by atoms with Crippen molar-refractivity contribution in [1.29, 1.82) is 0 Å². The SMILES string of the molecule is C[C@]12CC[C@H](O)CC1=CC[C@H]1[C@H]2CC[C@@]2(C)/C(=N\N=C/c3ccc([N+](=O)[O-])s3)CC[C@H]12. The van der Waals surface area contributed by atoms with Gasteiger partial charge in [0.15, 0.2) is 0 Å². The monoisotopic (exact) mass is 441 g/mol. The van der Waals surface area contributed by atoms with Crippen LogP contribution in [0.25, 0.3) is 0 Å². The van der Waals surface area contributed by atoms with Crippen molar-refractivity contribution in [2.75, 3.05) is 0 Å². The van der Waals surface area contributed by atoms with Crippen LogP contribution >= 0.6 is 11.3 Å². The molecule has 3 fully saturated rings. The van der Waals surface area contributed by atoms with E-state index in [-0.39, 0.29) is 26.9 Å². The number of allylic oxidation sites excluding steroid dienone is 1. The summed E-state index contributed by atoms with van der Waals surface area (Å²) in [5.41, 5.74) is 3.08. The van der Waals surface area contributed by atoms with Crippen LogP contribution in [0.5, 0.6) is 0 Å². The fraction of sp³-hybridized carbons (Fsp3) is 0.667. The van der Waals surface area contributed by atoms with Crippen molar-refractivity contribution in [3.8, 4) is 0 Å². The van der Waals surface area contributed by atoms with E-state index in [1.54, 1.807) is 12.3 Å². The summed E-state index contributed by atoms with van der Waals surface area (Å²) in [5, 5.41) is 30.2. The number of nitrogens with zero attached hydrogens (tertiary/aromatic N) is 3. The van der Waals surface area contributed by atoms with Gasteiger partial charge in [0.25, 0.3) is 0 Å². The van der Waals surface area contributed by atoms with Crippen molar-refractivity contribution < 1.29 is 10.0 Å². The number of hydrogen-bond donors (Lipinski definition) is 1. The fourth-order valence-corrected chi connectivity index (χ4v) is 7.95. The normalized spacial score (nSPS) is 41.0. The lowest BCUT2D eigenvalue weighted by molar-refractivity contribution is -0.380. The Bertz CT molecular complexity index is 982. The molecule has 0 radical (unpaired) electrons. The van der Waals surface area contributed by atoms with E-state index in [9.17, 15) is 15.2 Å². The summed E-state index contributed by atoms with van der Waals surface area (Å²) in [4.78, 5) is 11.3. The van der Waals surface area contributed by atoms with Crippen molar-refractivity contribution in [2.24, 2.45) is 38.8 Å². The predicted octanol–water partition coefficient (Wildman–Crippen LogP) is 5.75. The molecule has 1 N–H and O–H groups in total. The van der Waals surface area contributed by atoms with Gasteiger partial charge < -0.3 is 5.11 Å². The summed E-state index contributed by atoms with van der Waals surface area (Å²) >= 11 is 1.13. The van der Waals surface area contributed by atoms with Crippen LogP contribution in [0.1, 0.15) is 70.1 Å². The van der Waals surface area contributed by atoms with Crippen LogP contribution in [0, 0.1) is 38.7 Å². The van der Waals surface area contributed by atoms with Gasteiger partial charge in [-0.15, -0.1) is 0 Å². The minimum Gasteiger partial charge on any atom is -0.393 e. The lowest BCUT2D eigenvalue weighted by Gasteiger charge is -2.57. The van der Waals surface area contributed by atoms with E-state index in [2.05, 4.69) is 30.1 Å². The van der Waals surface area contributed by atoms with Gasteiger partial charge in [-0.3, -0.25) is 10.1 Å². The maximum absolute atomic E-state index is 10.9. The van der Waals surface area contributed by atoms with Gasteiger partial charge in [-0.25, -0.2) is 0 Å². The zero-order chi connectivity index (χ0) is 21.8. The first-order valence-corrected chi connectivity index (χ1v) is 12.3. The van der Waals surface area contributed by atoms with Crippen LogP contribution < -0.4 is 0 Å². The molecule has 3 saturated carbocycles. The molecule has 0 aromatic carbocycles. The molecule has 1 aromatic heterocycles. The molecule has 166 valence electrons. The molecular formula is C24H31N3O3S. The van der Waals surface area contributed by atoms with Crippen molar-refractivity contribution in [3.63, 3.8) is 0 Å². The van der Waals surface area contributed by atoms with Gasteiger partial charge in [-0.05, 0) is 80.6 Å². The third-order valence-corrected chi connectivity index (χ3v) is 9.95. The first-order valence-electron chi connectivity index (χ1n) is 11.5. The van der Waals surface area contributed by atoms with Crippen LogP contribution in [-0.4, -0.2) is 28.1 Å². The van der Waals surface area contributed by atoms with Gasteiger partial charge in [-0.1, -0.05) is 36.8 Å². The van der Waals surface area contributed by atoms with Crippen molar-refractivity contribution >= 4 is 28.3 Å². The van der Waals surface area contributed by atoms with E-state index < -0.39 is 0 Å². The molecular weight excluding hydrogens is 410 g/mol. The van der Waals surface area contributed by atoms with Crippen LogP contribution in [0.15, 0.2) is 34.0 Å². The number of aliphatic hydroxyl groups is 1. The molecule has 0 spiro atoms. The standard InChI is InChI=1S/C24H31N3O3S/c1-23-11-9-16(28)13-15(23)3-5-18-19-6-7-21(24(19,2)12-10-20(18)23)26-25-14-17-4-8-22(31-17)27(29)30/h3-4,8,14,16,18-20,28H,5-7,9-13H2,1-2H3/b25-14-,26-21-/t16-,18+,19+,20+,23-,24+/m0/s1. The highest BCUT2D eigenvalue weighted by atomic mass is 32.1. The highest BCUT2D eigenvalue weighted by Crippen LogP contribution is 2.64. The number of nitro groups is 1. The van der Waals surface area contributed by atoms with Gasteiger partial charge in [0, 0.05) is 17.2 Å². The van der Waals surface area contributed by atoms with Gasteiger partial charge >= 0.3 is 5.00 Å². The Morgan fingerprint density at radius 2 is 1.97 bits per heavy atom. The Balaban J connectivity index is 1.35. The predicted molar refractivity (Wildman–Crippen MR) is 124 cm³/mol. The maximum atomic E-state index is 10.9. The zero-order valence-corrected chi connectivity index (χ0v) is 19.1. The Morgan fingerprint density at radius 1 is 1.19 bits per heavy atom. The molecule has 0 amide bonds. The molecule has 6 atom stereocenters. The molecule has 0 unspecified atom stereocenters. The third-order valence-electron chi connectivity index (χ3n) is 8.97. The molecule has 4 aliphatic rings. The smallest absolute Gasteiger partial charge is 0.324 e. The average Bonchev–Trinajstić information content (AvgIpc) is 3.33. The summed E-state index contributed by atoms with van der Waals surface area (Å²) in [6.45, 7) is 4.84. The molecule has 4 aliphatic carbocycles. The first kappa shape index (κ1) is 21.0. The zero-order valence-electron chi connectivity index (χ0n) is 18.3. The maximum Gasteiger partial charge on any atom is 0.324 e. The largest absolute Gasteiger partial charge is 0.393 e. The first-order chi connectivity index (χ1) is 14.8. The number of thiophene rings is 1. The van der Waals surface area contributed by atoms with E-state index in [0.717, 1.165) is 54.7 Å². The van der Waals surface area contributed by atoms with E-state index >= 15 is 0 Å². The number of fused-ring (bicyclic) bond motifs is 5. The highest BCUT2D eigenvalue weighted by Gasteiger charge is 2.57. The molecule has 1 heterocycles. The molecule has 1 aromatic rings. The molecule has 0 saturated heterocycles. The second-order valence-corrected chi connectivity index (χ2v) is 11.5. The van der Waals surface area contributed by atoms with E-state index in [4.69, 9.17) is 0 Å². The minimum atomic E-state index is -0.369. The van der Waals surface area contributed by atoms with Crippen LogP contribution in [0.2, 0.25) is 0 Å². The van der Waals surface area contributed by atoms with E-state index in [1.165, 1.54) is 30.2 Å². The second kappa shape index (κ2) is 7.62. The number of rotatable bonds is 3. The summed E-state index contributed by atoms with van der Waals surface area (Å²) in [7, 11) is 0. The quantitative estimate of drug-likeness (QED) is 0.280. The number of aliphatic hydroxyl groups excluding tert-OH is 1. The minimum absolute atomic E-state index is 0.107.